The minimum absolute atomic E-state index is 0.0589. The molecular formula is C16H22N4O. The normalized spacial score (nSPS) is 23.5. The Balaban J connectivity index is 1.80. The molecule has 0 saturated carbocycles. The average molecular weight is 286 g/mol. The highest BCUT2D eigenvalue weighted by Crippen LogP contribution is 2.19. The van der Waals surface area contributed by atoms with Crippen LogP contribution in [0.25, 0.3) is 10.9 Å². The van der Waals surface area contributed by atoms with E-state index in [1.807, 2.05) is 18.2 Å². The molecule has 1 aromatic carbocycles. The predicted molar refractivity (Wildman–Crippen MR) is 84.0 cm³/mol. The van der Waals surface area contributed by atoms with Gasteiger partial charge in [-0.25, -0.2) is 4.98 Å². The van der Waals surface area contributed by atoms with Crippen LogP contribution in [0.5, 0.6) is 0 Å². The smallest absolute Gasteiger partial charge is 0.258 e. The van der Waals surface area contributed by atoms with Crippen LogP contribution < -0.4 is 11.3 Å². The molecule has 2 atom stereocenters. The Morgan fingerprint density at radius 2 is 2.24 bits per heavy atom. The Hall–Kier alpha value is -1.72. The van der Waals surface area contributed by atoms with Gasteiger partial charge in [0, 0.05) is 19.1 Å². The lowest BCUT2D eigenvalue weighted by Crippen LogP contribution is -2.46. The first-order valence-electron chi connectivity index (χ1n) is 7.63. The lowest BCUT2D eigenvalue weighted by molar-refractivity contribution is 0.142. The second-order valence-corrected chi connectivity index (χ2v) is 5.89. The average Bonchev–Trinajstić information content (AvgIpc) is 2.49. The van der Waals surface area contributed by atoms with Crippen LogP contribution in [0.1, 0.15) is 25.6 Å². The summed E-state index contributed by atoms with van der Waals surface area (Å²) in [4.78, 5) is 21.9. The number of H-pyrrole nitrogens is 1. The number of nitrogens with one attached hydrogen (secondary N) is 1. The number of aromatic nitrogens is 2. The van der Waals surface area contributed by atoms with Gasteiger partial charge in [-0.3, -0.25) is 9.69 Å². The third-order valence-electron chi connectivity index (χ3n) is 4.44. The van der Waals surface area contributed by atoms with Crippen molar-refractivity contribution in [1.29, 1.82) is 0 Å². The molecule has 1 saturated heterocycles. The summed E-state index contributed by atoms with van der Waals surface area (Å²) in [5, 5.41) is 0.647. The van der Waals surface area contributed by atoms with Gasteiger partial charge in [0.1, 0.15) is 5.82 Å². The quantitative estimate of drug-likeness (QED) is 0.896. The Bertz CT molecular complexity index is 681. The van der Waals surface area contributed by atoms with Gasteiger partial charge in [-0.15, -0.1) is 0 Å². The van der Waals surface area contributed by atoms with Crippen LogP contribution in [0.3, 0.4) is 0 Å². The van der Waals surface area contributed by atoms with E-state index in [0.29, 0.717) is 23.9 Å². The number of piperidine rings is 1. The Morgan fingerprint density at radius 3 is 3.05 bits per heavy atom. The van der Waals surface area contributed by atoms with Gasteiger partial charge in [-0.2, -0.15) is 0 Å². The Kier molecular flexibility index (Phi) is 4.03. The van der Waals surface area contributed by atoms with Gasteiger partial charge in [-0.1, -0.05) is 25.5 Å². The molecule has 21 heavy (non-hydrogen) atoms. The minimum Gasteiger partial charge on any atom is -0.327 e. The van der Waals surface area contributed by atoms with Gasteiger partial charge >= 0.3 is 0 Å². The molecule has 1 aliphatic heterocycles. The Morgan fingerprint density at radius 1 is 1.43 bits per heavy atom. The molecule has 0 radical (unpaired) electrons. The van der Waals surface area contributed by atoms with Gasteiger partial charge in [0.25, 0.3) is 5.56 Å². The van der Waals surface area contributed by atoms with Crippen molar-refractivity contribution < 1.29 is 0 Å². The predicted octanol–water partition coefficient (Wildman–Crippen LogP) is 1.48. The van der Waals surface area contributed by atoms with Crippen molar-refractivity contribution in [3.05, 3.63) is 40.4 Å². The van der Waals surface area contributed by atoms with Gasteiger partial charge in [0.15, 0.2) is 0 Å². The molecule has 0 spiro atoms. The van der Waals surface area contributed by atoms with Gasteiger partial charge in [0.05, 0.1) is 17.4 Å². The minimum atomic E-state index is -0.0589. The van der Waals surface area contributed by atoms with Crippen molar-refractivity contribution >= 4 is 10.9 Å². The molecule has 2 unspecified atom stereocenters. The van der Waals surface area contributed by atoms with Crippen molar-refractivity contribution in [3.63, 3.8) is 0 Å². The fourth-order valence-corrected chi connectivity index (χ4v) is 3.12. The summed E-state index contributed by atoms with van der Waals surface area (Å²) >= 11 is 0. The summed E-state index contributed by atoms with van der Waals surface area (Å²) in [6, 6.07) is 7.75. The molecule has 3 rings (SSSR count). The van der Waals surface area contributed by atoms with Crippen LogP contribution in [0.4, 0.5) is 0 Å². The van der Waals surface area contributed by atoms with E-state index < -0.39 is 0 Å². The van der Waals surface area contributed by atoms with Gasteiger partial charge < -0.3 is 10.7 Å². The first-order chi connectivity index (χ1) is 10.2. The number of rotatable bonds is 3. The van der Waals surface area contributed by atoms with Crippen LogP contribution in [0, 0.1) is 5.92 Å². The highest BCUT2D eigenvalue weighted by molar-refractivity contribution is 5.77. The second kappa shape index (κ2) is 5.95. The Labute approximate surface area is 124 Å². The third-order valence-corrected chi connectivity index (χ3v) is 4.44. The zero-order chi connectivity index (χ0) is 14.8. The van der Waals surface area contributed by atoms with Crippen LogP contribution in [-0.4, -0.2) is 34.0 Å². The van der Waals surface area contributed by atoms with Crippen molar-refractivity contribution in [2.24, 2.45) is 11.7 Å². The number of likely N-dealkylation sites (tertiary alicyclic amines) is 1. The number of benzene rings is 1. The van der Waals surface area contributed by atoms with Crippen LogP contribution in [0.2, 0.25) is 0 Å². The maximum atomic E-state index is 12.1. The summed E-state index contributed by atoms with van der Waals surface area (Å²) in [5.41, 5.74) is 6.85. The number of hydrogen-bond donors (Lipinski definition) is 2. The van der Waals surface area contributed by atoms with Crippen molar-refractivity contribution in [1.82, 2.24) is 14.9 Å². The first kappa shape index (κ1) is 14.2. The molecule has 3 N–H and O–H groups in total. The highest BCUT2D eigenvalue weighted by Gasteiger charge is 2.25. The molecule has 5 heteroatoms. The zero-order valence-electron chi connectivity index (χ0n) is 12.4. The molecule has 1 aliphatic rings. The van der Waals surface area contributed by atoms with Crippen LogP contribution in [-0.2, 0) is 6.54 Å². The van der Waals surface area contributed by atoms with Crippen molar-refractivity contribution in [3.8, 4) is 0 Å². The number of fused-ring (bicyclic) bond motifs is 1. The van der Waals surface area contributed by atoms with Crippen LogP contribution >= 0.6 is 0 Å². The lowest BCUT2D eigenvalue weighted by atomic mass is 9.91. The van der Waals surface area contributed by atoms with Gasteiger partial charge in [-0.05, 0) is 24.5 Å². The molecule has 5 nitrogen and oxygen atoms in total. The van der Waals surface area contributed by atoms with Crippen molar-refractivity contribution in [2.75, 3.05) is 13.1 Å². The van der Waals surface area contributed by atoms with Crippen molar-refractivity contribution in [2.45, 2.75) is 32.4 Å². The van der Waals surface area contributed by atoms with E-state index in [2.05, 4.69) is 21.8 Å². The molecule has 0 bridgehead atoms. The topological polar surface area (TPSA) is 75.0 Å². The maximum Gasteiger partial charge on any atom is 0.258 e. The monoisotopic (exact) mass is 286 g/mol. The van der Waals surface area contributed by atoms with E-state index in [1.54, 1.807) is 6.07 Å². The molecule has 2 heterocycles. The van der Waals surface area contributed by atoms with E-state index in [1.165, 1.54) is 0 Å². The summed E-state index contributed by atoms with van der Waals surface area (Å²) in [7, 11) is 0. The fourth-order valence-electron chi connectivity index (χ4n) is 3.12. The van der Waals surface area contributed by atoms with E-state index in [4.69, 9.17) is 5.73 Å². The molecule has 112 valence electrons. The standard InChI is InChI=1S/C16H22N4O/c1-2-11-9-20(8-7-13(11)17)10-15-18-14-6-4-3-5-12(14)16(21)19-15/h3-6,11,13H,2,7-10,17H2,1H3,(H,18,19,21). The second-order valence-electron chi connectivity index (χ2n) is 5.89. The summed E-state index contributed by atoms with van der Waals surface area (Å²) in [5.74, 6) is 1.27. The van der Waals surface area contributed by atoms with E-state index in [9.17, 15) is 4.79 Å². The van der Waals surface area contributed by atoms with Crippen LogP contribution in [0.15, 0.2) is 29.1 Å². The summed E-state index contributed by atoms with van der Waals surface area (Å²) < 4.78 is 0. The number of para-hydroxylation sites is 1. The SMILES string of the molecule is CCC1CN(Cc2nc3ccccc3c(=O)[nH]2)CCC1N. The number of nitrogens with zero attached hydrogens (tertiary/aromatic N) is 2. The molecule has 0 amide bonds. The van der Waals surface area contributed by atoms with E-state index >= 15 is 0 Å². The number of aromatic amines is 1. The summed E-state index contributed by atoms with van der Waals surface area (Å²) in [6.45, 7) is 4.82. The molecule has 1 fully saturated rings. The van der Waals surface area contributed by atoms with E-state index in [0.717, 1.165) is 37.3 Å². The molecule has 2 aromatic rings. The molecular weight excluding hydrogens is 264 g/mol. The fraction of sp³-hybridized carbons (Fsp3) is 0.500. The third kappa shape index (κ3) is 2.99. The highest BCUT2D eigenvalue weighted by atomic mass is 16.1. The zero-order valence-corrected chi connectivity index (χ0v) is 12.4. The molecule has 0 aliphatic carbocycles. The summed E-state index contributed by atoms with van der Waals surface area (Å²) in [6.07, 6.45) is 2.11. The van der Waals surface area contributed by atoms with Gasteiger partial charge in [0.2, 0.25) is 0 Å². The first-order valence-corrected chi connectivity index (χ1v) is 7.63. The lowest BCUT2D eigenvalue weighted by Gasteiger charge is -2.36. The maximum absolute atomic E-state index is 12.1. The largest absolute Gasteiger partial charge is 0.327 e. The number of nitrogens with two attached hydrogens (primary N) is 1. The molecule has 1 aromatic heterocycles. The van der Waals surface area contributed by atoms with E-state index in [-0.39, 0.29) is 5.56 Å². The number of hydrogen-bond acceptors (Lipinski definition) is 4.